The topological polar surface area (TPSA) is 0 Å². The lowest BCUT2D eigenvalue weighted by Gasteiger charge is -2.32. The first-order valence-corrected chi connectivity index (χ1v) is 11.1. The lowest BCUT2D eigenvalue weighted by molar-refractivity contribution is 0.223. The molecular weight excluding hydrogens is 319 g/mol. The largest absolute Gasteiger partial charge is 0.207 e. The summed E-state index contributed by atoms with van der Waals surface area (Å²) in [6, 6.07) is 7.23. The highest BCUT2D eigenvalue weighted by molar-refractivity contribution is 5.20. The fourth-order valence-corrected chi connectivity index (χ4v) is 5.35. The fourth-order valence-electron chi connectivity index (χ4n) is 5.35. The van der Waals surface area contributed by atoms with Crippen LogP contribution >= 0.6 is 0 Å². The molecule has 0 radical (unpaired) electrons. The number of benzene rings is 1. The summed E-state index contributed by atoms with van der Waals surface area (Å²) in [6.45, 7) is 3.83. The van der Waals surface area contributed by atoms with Crippen LogP contribution in [-0.2, 0) is 0 Å². The van der Waals surface area contributed by atoms with Crippen molar-refractivity contribution in [3.05, 3.63) is 48.3 Å². The van der Waals surface area contributed by atoms with Crippen molar-refractivity contribution in [1.29, 1.82) is 0 Å². The second-order valence-corrected chi connectivity index (χ2v) is 8.95. The molecule has 0 spiro atoms. The van der Waals surface area contributed by atoms with Crippen molar-refractivity contribution in [2.75, 3.05) is 0 Å². The van der Waals surface area contributed by atoms with Crippen molar-refractivity contribution in [2.45, 2.75) is 89.4 Å². The maximum atomic E-state index is 13.1. The van der Waals surface area contributed by atoms with Gasteiger partial charge in [0.15, 0.2) is 0 Å². The SMILES string of the molecule is C=CCCC[C@H]1CC[C@H](CC[C@H]2CC[C@H](c3ccc(F)cc3)CC2)CC1. The van der Waals surface area contributed by atoms with E-state index in [4.69, 9.17) is 0 Å². The van der Waals surface area contributed by atoms with E-state index in [0.29, 0.717) is 5.92 Å². The zero-order valence-corrected chi connectivity index (χ0v) is 16.5. The lowest BCUT2D eigenvalue weighted by atomic mass is 9.74. The quantitative estimate of drug-likeness (QED) is 0.326. The van der Waals surface area contributed by atoms with Crippen molar-refractivity contribution in [3.8, 4) is 0 Å². The van der Waals surface area contributed by atoms with Crippen LogP contribution in [0.15, 0.2) is 36.9 Å². The van der Waals surface area contributed by atoms with Gasteiger partial charge in [-0.05, 0) is 79.9 Å². The fraction of sp³-hybridized carbons (Fsp3) is 0.680. The van der Waals surface area contributed by atoms with Crippen LogP contribution in [0.3, 0.4) is 0 Å². The summed E-state index contributed by atoms with van der Waals surface area (Å²) in [5, 5.41) is 0. The molecule has 3 rings (SSSR count). The Kier molecular flexibility index (Phi) is 7.77. The van der Waals surface area contributed by atoms with Crippen LogP contribution < -0.4 is 0 Å². The van der Waals surface area contributed by atoms with Gasteiger partial charge in [0.05, 0.1) is 0 Å². The van der Waals surface area contributed by atoms with Gasteiger partial charge in [-0.3, -0.25) is 0 Å². The molecular formula is C25H37F. The highest BCUT2D eigenvalue weighted by Gasteiger charge is 2.25. The average molecular weight is 357 g/mol. The second kappa shape index (κ2) is 10.3. The third kappa shape index (κ3) is 5.96. The first-order chi connectivity index (χ1) is 12.7. The average Bonchev–Trinajstić information content (AvgIpc) is 2.69. The first-order valence-electron chi connectivity index (χ1n) is 11.1. The molecule has 1 aromatic carbocycles. The maximum absolute atomic E-state index is 13.1. The summed E-state index contributed by atoms with van der Waals surface area (Å²) in [7, 11) is 0. The molecule has 2 aliphatic rings. The van der Waals surface area contributed by atoms with Crippen LogP contribution in [0.2, 0.25) is 0 Å². The normalized spacial score (nSPS) is 29.4. The van der Waals surface area contributed by atoms with E-state index in [9.17, 15) is 4.39 Å². The molecule has 2 fully saturated rings. The summed E-state index contributed by atoms with van der Waals surface area (Å²) >= 11 is 0. The predicted molar refractivity (Wildman–Crippen MR) is 110 cm³/mol. The molecule has 0 unspecified atom stereocenters. The number of hydrogen-bond donors (Lipinski definition) is 0. The zero-order chi connectivity index (χ0) is 18.2. The predicted octanol–water partition coefficient (Wildman–Crippen LogP) is 8.04. The molecule has 0 aromatic heterocycles. The summed E-state index contributed by atoms with van der Waals surface area (Å²) in [6.07, 6.45) is 20.2. The summed E-state index contributed by atoms with van der Waals surface area (Å²) in [4.78, 5) is 0. The van der Waals surface area contributed by atoms with Crippen molar-refractivity contribution in [3.63, 3.8) is 0 Å². The van der Waals surface area contributed by atoms with Gasteiger partial charge < -0.3 is 0 Å². The third-order valence-electron chi connectivity index (χ3n) is 7.16. The number of rotatable bonds is 8. The van der Waals surface area contributed by atoms with Gasteiger partial charge in [-0.25, -0.2) is 4.39 Å². The summed E-state index contributed by atoms with van der Waals surface area (Å²) in [5.74, 6) is 3.49. The van der Waals surface area contributed by atoms with Crippen molar-refractivity contribution < 1.29 is 4.39 Å². The van der Waals surface area contributed by atoms with Crippen LogP contribution in [0, 0.1) is 23.6 Å². The van der Waals surface area contributed by atoms with Crippen LogP contribution in [0.4, 0.5) is 4.39 Å². The van der Waals surface area contributed by atoms with Gasteiger partial charge in [0.1, 0.15) is 5.82 Å². The molecule has 0 aliphatic heterocycles. The molecule has 0 bridgehead atoms. The lowest BCUT2D eigenvalue weighted by Crippen LogP contribution is -2.17. The van der Waals surface area contributed by atoms with E-state index in [1.165, 1.54) is 89.0 Å². The number of halogens is 1. The molecule has 0 N–H and O–H groups in total. The van der Waals surface area contributed by atoms with E-state index in [2.05, 4.69) is 12.7 Å². The second-order valence-electron chi connectivity index (χ2n) is 8.95. The smallest absolute Gasteiger partial charge is 0.123 e. The molecule has 144 valence electrons. The molecule has 0 amide bonds. The van der Waals surface area contributed by atoms with Gasteiger partial charge in [-0.15, -0.1) is 6.58 Å². The zero-order valence-electron chi connectivity index (χ0n) is 16.5. The van der Waals surface area contributed by atoms with Gasteiger partial charge >= 0.3 is 0 Å². The van der Waals surface area contributed by atoms with Crippen molar-refractivity contribution in [2.24, 2.45) is 17.8 Å². The maximum Gasteiger partial charge on any atom is 0.123 e. The van der Waals surface area contributed by atoms with Crippen LogP contribution in [0.5, 0.6) is 0 Å². The van der Waals surface area contributed by atoms with E-state index < -0.39 is 0 Å². The first kappa shape index (κ1) is 19.6. The van der Waals surface area contributed by atoms with Gasteiger partial charge in [0.25, 0.3) is 0 Å². The molecule has 26 heavy (non-hydrogen) atoms. The minimum Gasteiger partial charge on any atom is -0.207 e. The Hall–Kier alpha value is -1.11. The van der Waals surface area contributed by atoms with E-state index in [1.807, 2.05) is 12.1 Å². The summed E-state index contributed by atoms with van der Waals surface area (Å²) < 4.78 is 13.1. The Bertz CT molecular complexity index is 516. The molecule has 2 aliphatic carbocycles. The van der Waals surface area contributed by atoms with E-state index in [-0.39, 0.29) is 5.82 Å². The minimum absolute atomic E-state index is 0.113. The van der Waals surface area contributed by atoms with Gasteiger partial charge in [-0.1, -0.05) is 63.2 Å². The van der Waals surface area contributed by atoms with E-state index in [0.717, 1.165) is 17.8 Å². The number of allylic oxidation sites excluding steroid dienone is 1. The van der Waals surface area contributed by atoms with E-state index >= 15 is 0 Å². The Morgan fingerprint density at radius 3 is 1.81 bits per heavy atom. The Morgan fingerprint density at radius 1 is 0.769 bits per heavy atom. The summed E-state index contributed by atoms with van der Waals surface area (Å²) in [5.41, 5.74) is 1.35. The molecule has 1 heteroatoms. The van der Waals surface area contributed by atoms with Gasteiger partial charge in [-0.2, -0.15) is 0 Å². The Balaban J connectivity index is 1.31. The van der Waals surface area contributed by atoms with Gasteiger partial charge in [0, 0.05) is 0 Å². The molecule has 1 aromatic rings. The van der Waals surface area contributed by atoms with Gasteiger partial charge in [0.2, 0.25) is 0 Å². The Morgan fingerprint density at radius 2 is 1.27 bits per heavy atom. The van der Waals surface area contributed by atoms with Crippen LogP contribution in [0.25, 0.3) is 0 Å². The van der Waals surface area contributed by atoms with E-state index in [1.54, 1.807) is 12.1 Å². The number of hydrogen-bond acceptors (Lipinski definition) is 0. The highest BCUT2D eigenvalue weighted by Crippen LogP contribution is 2.40. The third-order valence-corrected chi connectivity index (χ3v) is 7.16. The molecule has 0 heterocycles. The molecule has 0 atom stereocenters. The molecule has 2 saturated carbocycles. The van der Waals surface area contributed by atoms with Crippen LogP contribution in [-0.4, -0.2) is 0 Å². The van der Waals surface area contributed by atoms with Crippen molar-refractivity contribution >= 4 is 0 Å². The minimum atomic E-state index is -0.113. The molecule has 0 saturated heterocycles. The highest BCUT2D eigenvalue weighted by atomic mass is 19.1. The van der Waals surface area contributed by atoms with Crippen molar-refractivity contribution in [1.82, 2.24) is 0 Å². The standard InChI is InChI=1S/C25H37F/c1-2-3-4-5-20-6-8-21(9-7-20)10-11-22-12-14-23(15-13-22)24-16-18-25(26)19-17-24/h2,16-23H,1,3-15H2/t20-,21-,22-,23-. The molecule has 0 nitrogen and oxygen atoms in total. The number of unbranched alkanes of at least 4 members (excludes halogenated alkanes) is 1. The Labute approximate surface area is 160 Å². The van der Waals surface area contributed by atoms with Crippen LogP contribution in [0.1, 0.15) is 95.0 Å². The monoisotopic (exact) mass is 356 g/mol.